The number of benzene rings is 2. The molecule has 3 atom stereocenters. The second-order valence-corrected chi connectivity index (χ2v) is 7.18. The normalized spacial score (nSPS) is 24.2. The molecule has 4 heteroatoms. The van der Waals surface area contributed by atoms with Gasteiger partial charge in [-0.3, -0.25) is 0 Å². The number of methoxy groups -OCH3 is 2. The average Bonchev–Trinajstić information content (AvgIpc) is 2.62. The Kier molecular flexibility index (Phi) is 5.13. The van der Waals surface area contributed by atoms with Crippen LogP contribution in [0.1, 0.15) is 34.5 Å². The first-order chi connectivity index (χ1) is 11.2. The SMILES string of the molecule is COc1ccc(C2CCC(N)C(c3ccc(OC)cc3)S2)cc1. The maximum Gasteiger partial charge on any atom is 0.118 e. The summed E-state index contributed by atoms with van der Waals surface area (Å²) in [7, 11) is 3.39. The molecule has 2 aromatic carbocycles. The van der Waals surface area contributed by atoms with Gasteiger partial charge in [0.2, 0.25) is 0 Å². The number of hydrogen-bond donors (Lipinski definition) is 1. The zero-order valence-corrected chi connectivity index (χ0v) is 14.4. The van der Waals surface area contributed by atoms with Gasteiger partial charge in [-0.05, 0) is 48.2 Å². The third kappa shape index (κ3) is 3.65. The van der Waals surface area contributed by atoms with Gasteiger partial charge >= 0.3 is 0 Å². The zero-order chi connectivity index (χ0) is 16.2. The molecule has 1 heterocycles. The molecular formula is C19H23NO2S. The van der Waals surface area contributed by atoms with Crippen molar-refractivity contribution in [3.63, 3.8) is 0 Å². The molecule has 1 fully saturated rings. The molecular weight excluding hydrogens is 306 g/mol. The lowest BCUT2D eigenvalue weighted by atomic mass is 9.97. The van der Waals surface area contributed by atoms with Crippen molar-refractivity contribution >= 4 is 11.8 Å². The summed E-state index contributed by atoms with van der Waals surface area (Å²) in [4.78, 5) is 0. The Balaban J connectivity index is 1.77. The maximum atomic E-state index is 6.40. The summed E-state index contributed by atoms with van der Waals surface area (Å²) in [5, 5.41) is 0.801. The Morgan fingerprint density at radius 3 is 1.87 bits per heavy atom. The van der Waals surface area contributed by atoms with Crippen LogP contribution in [0.15, 0.2) is 48.5 Å². The monoisotopic (exact) mass is 329 g/mol. The second-order valence-electron chi connectivity index (χ2n) is 5.83. The van der Waals surface area contributed by atoms with Crippen molar-refractivity contribution in [3.8, 4) is 11.5 Å². The lowest BCUT2D eigenvalue weighted by Gasteiger charge is -2.34. The number of thioether (sulfide) groups is 1. The summed E-state index contributed by atoms with van der Waals surface area (Å²) >= 11 is 1.97. The van der Waals surface area contributed by atoms with Crippen LogP contribution < -0.4 is 15.2 Å². The van der Waals surface area contributed by atoms with Gasteiger partial charge in [0.05, 0.1) is 14.2 Å². The van der Waals surface area contributed by atoms with Gasteiger partial charge in [0.1, 0.15) is 11.5 Å². The van der Waals surface area contributed by atoms with Crippen LogP contribution in [0.5, 0.6) is 11.5 Å². The fourth-order valence-corrected chi connectivity index (χ4v) is 4.62. The first-order valence-electron chi connectivity index (χ1n) is 7.90. The van der Waals surface area contributed by atoms with Gasteiger partial charge in [-0.25, -0.2) is 0 Å². The molecule has 3 rings (SSSR count). The molecule has 2 N–H and O–H groups in total. The highest BCUT2D eigenvalue weighted by molar-refractivity contribution is 7.99. The molecule has 122 valence electrons. The number of nitrogens with two attached hydrogens (primary N) is 1. The van der Waals surface area contributed by atoms with Gasteiger partial charge in [-0.15, -0.1) is 11.8 Å². The predicted octanol–water partition coefficient (Wildman–Crippen LogP) is 4.34. The van der Waals surface area contributed by atoms with E-state index in [0.29, 0.717) is 10.5 Å². The zero-order valence-electron chi connectivity index (χ0n) is 13.6. The fourth-order valence-electron chi connectivity index (χ4n) is 3.02. The summed E-state index contributed by atoms with van der Waals surface area (Å²) in [6.07, 6.45) is 2.16. The summed E-state index contributed by atoms with van der Waals surface area (Å²) < 4.78 is 10.5. The van der Waals surface area contributed by atoms with E-state index in [1.54, 1.807) is 14.2 Å². The van der Waals surface area contributed by atoms with E-state index >= 15 is 0 Å². The molecule has 0 aliphatic carbocycles. The number of hydrogen-bond acceptors (Lipinski definition) is 4. The van der Waals surface area contributed by atoms with Crippen LogP contribution in [0.3, 0.4) is 0 Å². The Hall–Kier alpha value is -1.65. The van der Waals surface area contributed by atoms with Crippen molar-refractivity contribution in [2.24, 2.45) is 5.73 Å². The number of rotatable bonds is 4. The molecule has 3 unspecified atom stereocenters. The first-order valence-corrected chi connectivity index (χ1v) is 8.84. The van der Waals surface area contributed by atoms with E-state index in [0.717, 1.165) is 24.3 Å². The van der Waals surface area contributed by atoms with Crippen LogP contribution >= 0.6 is 11.8 Å². The van der Waals surface area contributed by atoms with E-state index in [1.165, 1.54) is 11.1 Å². The average molecular weight is 329 g/mol. The Morgan fingerprint density at radius 2 is 1.35 bits per heavy atom. The van der Waals surface area contributed by atoms with E-state index in [2.05, 4.69) is 24.3 Å². The lowest BCUT2D eigenvalue weighted by Crippen LogP contribution is -2.30. The molecule has 1 saturated heterocycles. The van der Waals surface area contributed by atoms with Crippen molar-refractivity contribution in [2.75, 3.05) is 14.2 Å². The van der Waals surface area contributed by atoms with Gasteiger partial charge in [0.25, 0.3) is 0 Å². The summed E-state index contributed by atoms with van der Waals surface area (Å²) in [5.74, 6) is 1.79. The minimum absolute atomic E-state index is 0.197. The third-order valence-corrected chi connectivity index (χ3v) is 6.15. The first kappa shape index (κ1) is 16.2. The molecule has 3 nitrogen and oxygen atoms in total. The van der Waals surface area contributed by atoms with E-state index in [4.69, 9.17) is 15.2 Å². The summed E-state index contributed by atoms with van der Waals surface area (Å²) in [5.41, 5.74) is 9.02. The largest absolute Gasteiger partial charge is 0.497 e. The highest BCUT2D eigenvalue weighted by Crippen LogP contribution is 2.49. The van der Waals surface area contributed by atoms with Crippen LogP contribution in [0.25, 0.3) is 0 Å². The highest BCUT2D eigenvalue weighted by Gasteiger charge is 2.30. The standard InChI is InChI=1S/C19H23NO2S/c1-21-15-7-3-13(4-8-15)18-12-11-17(20)19(23-18)14-5-9-16(22-2)10-6-14/h3-10,17-19H,11-12,20H2,1-2H3. The van der Waals surface area contributed by atoms with Gasteiger partial charge in [0.15, 0.2) is 0 Å². The van der Waals surface area contributed by atoms with Crippen LogP contribution in [0.2, 0.25) is 0 Å². The molecule has 2 aromatic rings. The lowest BCUT2D eigenvalue weighted by molar-refractivity contribution is 0.414. The van der Waals surface area contributed by atoms with E-state index in [-0.39, 0.29) is 6.04 Å². The van der Waals surface area contributed by atoms with Gasteiger partial charge in [-0.2, -0.15) is 0 Å². The highest BCUT2D eigenvalue weighted by atomic mass is 32.2. The van der Waals surface area contributed by atoms with Crippen LogP contribution in [0, 0.1) is 0 Å². The molecule has 0 aromatic heterocycles. The quantitative estimate of drug-likeness (QED) is 0.906. The Morgan fingerprint density at radius 1 is 0.826 bits per heavy atom. The third-order valence-electron chi connectivity index (χ3n) is 4.39. The van der Waals surface area contributed by atoms with E-state index in [1.807, 2.05) is 36.0 Å². The van der Waals surface area contributed by atoms with Crippen molar-refractivity contribution in [2.45, 2.75) is 29.4 Å². The van der Waals surface area contributed by atoms with Crippen molar-refractivity contribution in [1.29, 1.82) is 0 Å². The second kappa shape index (κ2) is 7.28. The van der Waals surface area contributed by atoms with Crippen molar-refractivity contribution < 1.29 is 9.47 Å². The van der Waals surface area contributed by atoms with Crippen molar-refractivity contribution in [1.82, 2.24) is 0 Å². The number of ether oxygens (including phenoxy) is 2. The van der Waals surface area contributed by atoms with Crippen LogP contribution in [0.4, 0.5) is 0 Å². The summed E-state index contributed by atoms with van der Waals surface area (Å²) in [6.45, 7) is 0. The molecule has 1 aliphatic heterocycles. The molecule has 23 heavy (non-hydrogen) atoms. The molecule has 0 bridgehead atoms. The topological polar surface area (TPSA) is 44.5 Å². The molecule has 1 aliphatic rings. The predicted molar refractivity (Wildman–Crippen MR) is 96.3 cm³/mol. The Labute approximate surface area is 142 Å². The molecule has 0 amide bonds. The smallest absolute Gasteiger partial charge is 0.118 e. The fraction of sp³-hybridized carbons (Fsp3) is 0.368. The summed E-state index contributed by atoms with van der Waals surface area (Å²) in [6, 6.07) is 16.9. The molecule has 0 radical (unpaired) electrons. The van der Waals surface area contributed by atoms with Crippen molar-refractivity contribution in [3.05, 3.63) is 59.7 Å². The minimum Gasteiger partial charge on any atom is -0.497 e. The minimum atomic E-state index is 0.197. The van der Waals surface area contributed by atoms with Gasteiger partial charge in [0, 0.05) is 16.5 Å². The Bertz CT molecular complexity index is 627. The molecule has 0 spiro atoms. The molecule has 0 saturated carbocycles. The van der Waals surface area contributed by atoms with Crippen LogP contribution in [-0.2, 0) is 0 Å². The van der Waals surface area contributed by atoms with Gasteiger partial charge in [-0.1, -0.05) is 24.3 Å². The van der Waals surface area contributed by atoms with Gasteiger partial charge < -0.3 is 15.2 Å². The van der Waals surface area contributed by atoms with E-state index in [9.17, 15) is 0 Å². The van der Waals surface area contributed by atoms with Crippen LogP contribution in [-0.4, -0.2) is 20.3 Å². The van der Waals surface area contributed by atoms with E-state index < -0.39 is 0 Å². The maximum absolute atomic E-state index is 6.40.